The Hall–Kier alpha value is -1.29. The van der Waals surface area contributed by atoms with E-state index >= 15 is 0 Å². The zero-order chi connectivity index (χ0) is 11.3. The first-order chi connectivity index (χ1) is 7.19. The maximum Gasteiger partial charge on any atom is 0.167 e. The second kappa shape index (κ2) is 5.56. The van der Waals surface area contributed by atoms with E-state index in [1.165, 1.54) is 13.2 Å². The van der Waals surface area contributed by atoms with Gasteiger partial charge in [-0.3, -0.25) is 0 Å². The smallest absolute Gasteiger partial charge is 0.167 e. The first kappa shape index (κ1) is 11.8. The molecule has 3 nitrogen and oxygen atoms in total. The van der Waals surface area contributed by atoms with Gasteiger partial charge in [-0.2, -0.15) is 0 Å². The van der Waals surface area contributed by atoms with Crippen molar-refractivity contribution in [2.75, 3.05) is 32.1 Å². The van der Waals surface area contributed by atoms with Crippen molar-refractivity contribution in [2.24, 2.45) is 5.73 Å². The van der Waals surface area contributed by atoms with E-state index in [1.807, 2.05) is 18.0 Å². The molecule has 0 fully saturated rings. The molecule has 0 aliphatic heterocycles. The lowest BCUT2D eigenvalue weighted by Crippen LogP contribution is -2.21. The largest absolute Gasteiger partial charge is 0.494 e. The summed E-state index contributed by atoms with van der Waals surface area (Å²) in [5.74, 6) is -0.0689. The molecule has 0 atom stereocenters. The van der Waals surface area contributed by atoms with Crippen LogP contribution in [0.1, 0.15) is 6.42 Å². The van der Waals surface area contributed by atoms with Gasteiger partial charge in [0, 0.05) is 25.3 Å². The van der Waals surface area contributed by atoms with Gasteiger partial charge in [0.05, 0.1) is 7.11 Å². The zero-order valence-electron chi connectivity index (χ0n) is 9.16. The number of halogens is 1. The van der Waals surface area contributed by atoms with Gasteiger partial charge in [0.1, 0.15) is 0 Å². The van der Waals surface area contributed by atoms with E-state index in [1.54, 1.807) is 6.07 Å². The summed E-state index contributed by atoms with van der Waals surface area (Å²) in [6.07, 6.45) is 0.893. The lowest BCUT2D eigenvalue weighted by Gasteiger charge is -2.19. The summed E-state index contributed by atoms with van der Waals surface area (Å²) in [6.45, 7) is 1.46. The molecular formula is C11H17FN2O. The molecule has 1 rings (SSSR count). The van der Waals surface area contributed by atoms with Crippen LogP contribution in [0.5, 0.6) is 5.75 Å². The van der Waals surface area contributed by atoms with Crippen molar-refractivity contribution in [3.05, 3.63) is 24.0 Å². The predicted molar refractivity (Wildman–Crippen MR) is 59.9 cm³/mol. The summed E-state index contributed by atoms with van der Waals surface area (Å²) in [5.41, 5.74) is 6.24. The van der Waals surface area contributed by atoms with Crippen molar-refractivity contribution < 1.29 is 9.13 Å². The Balaban J connectivity index is 2.73. The standard InChI is InChI=1S/C11H17FN2O/c1-14(7-3-6-13)9-4-5-11(15-2)10(12)8-9/h4-5,8H,3,6-7,13H2,1-2H3. The Labute approximate surface area is 89.6 Å². The van der Waals surface area contributed by atoms with Crippen molar-refractivity contribution in [3.8, 4) is 5.75 Å². The van der Waals surface area contributed by atoms with E-state index in [-0.39, 0.29) is 11.6 Å². The number of ether oxygens (including phenoxy) is 1. The summed E-state index contributed by atoms with van der Waals surface area (Å²) in [7, 11) is 3.37. The molecule has 0 unspecified atom stereocenters. The quantitative estimate of drug-likeness (QED) is 0.806. The van der Waals surface area contributed by atoms with Gasteiger partial charge in [0.2, 0.25) is 0 Å². The molecule has 0 amide bonds. The average Bonchev–Trinajstić information content (AvgIpc) is 2.25. The first-order valence-corrected chi connectivity index (χ1v) is 4.93. The van der Waals surface area contributed by atoms with Crippen LogP contribution in [0.3, 0.4) is 0 Å². The van der Waals surface area contributed by atoms with E-state index < -0.39 is 0 Å². The SMILES string of the molecule is COc1ccc(N(C)CCCN)cc1F. The number of methoxy groups -OCH3 is 1. The highest BCUT2D eigenvalue weighted by molar-refractivity contribution is 5.49. The molecule has 2 N–H and O–H groups in total. The lowest BCUT2D eigenvalue weighted by atomic mass is 10.2. The summed E-state index contributed by atoms with van der Waals surface area (Å²) in [4.78, 5) is 1.97. The Morgan fingerprint density at radius 1 is 1.47 bits per heavy atom. The molecule has 0 aromatic heterocycles. The highest BCUT2D eigenvalue weighted by Gasteiger charge is 2.06. The Morgan fingerprint density at radius 2 is 2.20 bits per heavy atom. The van der Waals surface area contributed by atoms with Gasteiger partial charge >= 0.3 is 0 Å². The highest BCUT2D eigenvalue weighted by Crippen LogP contribution is 2.22. The predicted octanol–water partition coefficient (Wildman–Crippen LogP) is 1.62. The fourth-order valence-corrected chi connectivity index (χ4v) is 1.35. The summed E-state index contributed by atoms with van der Waals surface area (Å²) >= 11 is 0. The maximum absolute atomic E-state index is 13.4. The minimum absolute atomic E-state index is 0.269. The molecular weight excluding hydrogens is 195 g/mol. The second-order valence-electron chi connectivity index (χ2n) is 3.38. The van der Waals surface area contributed by atoms with Crippen LogP contribution in [0.25, 0.3) is 0 Å². The molecule has 1 aromatic rings. The third-order valence-corrected chi connectivity index (χ3v) is 2.27. The number of rotatable bonds is 5. The minimum Gasteiger partial charge on any atom is -0.494 e. The number of anilines is 1. The van der Waals surface area contributed by atoms with Crippen LogP contribution in [-0.4, -0.2) is 27.2 Å². The van der Waals surface area contributed by atoms with E-state index in [9.17, 15) is 4.39 Å². The van der Waals surface area contributed by atoms with E-state index in [0.29, 0.717) is 6.54 Å². The molecule has 0 radical (unpaired) electrons. The highest BCUT2D eigenvalue weighted by atomic mass is 19.1. The Kier molecular flexibility index (Phi) is 4.37. The van der Waals surface area contributed by atoms with Gasteiger partial charge in [-0.25, -0.2) is 4.39 Å². The molecule has 0 aliphatic carbocycles. The zero-order valence-corrected chi connectivity index (χ0v) is 9.16. The van der Waals surface area contributed by atoms with Crippen molar-refractivity contribution in [3.63, 3.8) is 0 Å². The van der Waals surface area contributed by atoms with Crippen molar-refractivity contribution in [2.45, 2.75) is 6.42 Å². The Morgan fingerprint density at radius 3 is 2.73 bits per heavy atom. The molecule has 15 heavy (non-hydrogen) atoms. The second-order valence-corrected chi connectivity index (χ2v) is 3.38. The number of benzene rings is 1. The van der Waals surface area contributed by atoms with Gasteiger partial charge in [0.25, 0.3) is 0 Å². The number of hydrogen-bond donors (Lipinski definition) is 1. The average molecular weight is 212 g/mol. The van der Waals surface area contributed by atoms with E-state index in [4.69, 9.17) is 10.5 Å². The maximum atomic E-state index is 13.4. The summed E-state index contributed by atoms with van der Waals surface area (Å²) in [5, 5.41) is 0. The monoisotopic (exact) mass is 212 g/mol. The molecule has 0 saturated carbocycles. The van der Waals surface area contributed by atoms with Gasteiger partial charge in [-0.05, 0) is 25.1 Å². The molecule has 1 aromatic carbocycles. The van der Waals surface area contributed by atoms with Crippen LogP contribution < -0.4 is 15.4 Å². The van der Waals surface area contributed by atoms with Crippen LogP contribution in [0.4, 0.5) is 10.1 Å². The fraction of sp³-hybridized carbons (Fsp3) is 0.455. The van der Waals surface area contributed by atoms with E-state index in [2.05, 4.69) is 0 Å². The molecule has 0 spiro atoms. The Bertz CT molecular complexity index is 317. The third-order valence-electron chi connectivity index (χ3n) is 2.27. The first-order valence-electron chi connectivity index (χ1n) is 4.93. The van der Waals surface area contributed by atoms with Crippen LogP contribution in [0, 0.1) is 5.82 Å². The third kappa shape index (κ3) is 3.09. The van der Waals surface area contributed by atoms with Crippen LogP contribution in [0.2, 0.25) is 0 Å². The normalized spacial score (nSPS) is 10.1. The van der Waals surface area contributed by atoms with E-state index in [0.717, 1.165) is 18.7 Å². The number of nitrogens with zero attached hydrogens (tertiary/aromatic N) is 1. The summed E-state index contributed by atoms with van der Waals surface area (Å²) in [6, 6.07) is 4.93. The molecule has 4 heteroatoms. The van der Waals surface area contributed by atoms with Crippen molar-refractivity contribution in [1.29, 1.82) is 0 Å². The molecule has 0 bridgehead atoms. The van der Waals surface area contributed by atoms with Crippen LogP contribution in [0.15, 0.2) is 18.2 Å². The van der Waals surface area contributed by atoms with Crippen molar-refractivity contribution >= 4 is 5.69 Å². The number of nitrogens with two attached hydrogens (primary N) is 1. The van der Waals surface area contributed by atoms with Gasteiger partial charge < -0.3 is 15.4 Å². The molecule has 84 valence electrons. The topological polar surface area (TPSA) is 38.5 Å². The minimum atomic E-state index is -0.338. The summed E-state index contributed by atoms with van der Waals surface area (Å²) < 4.78 is 18.2. The molecule has 0 heterocycles. The molecule has 0 saturated heterocycles. The van der Waals surface area contributed by atoms with Gasteiger partial charge in [0.15, 0.2) is 11.6 Å². The van der Waals surface area contributed by atoms with Crippen LogP contribution >= 0.6 is 0 Å². The van der Waals surface area contributed by atoms with Gasteiger partial charge in [-0.1, -0.05) is 0 Å². The number of hydrogen-bond acceptors (Lipinski definition) is 3. The molecule has 0 aliphatic rings. The van der Waals surface area contributed by atoms with Gasteiger partial charge in [-0.15, -0.1) is 0 Å². The fourth-order valence-electron chi connectivity index (χ4n) is 1.35. The van der Waals surface area contributed by atoms with Crippen molar-refractivity contribution in [1.82, 2.24) is 0 Å². The van der Waals surface area contributed by atoms with Crippen LogP contribution in [-0.2, 0) is 0 Å². The lowest BCUT2D eigenvalue weighted by molar-refractivity contribution is 0.386.